The van der Waals surface area contributed by atoms with Gasteiger partial charge in [0.05, 0.1) is 18.7 Å². The van der Waals surface area contributed by atoms with E-state index in [1.165, 1.54) is 23.5 Å². The molecule has 1 unspecified atom stereocenters. The number of aliphatic hydroxyl groups excluding tert-OH is 2. The van der Waals surface area contributed by atoms with Gasteiger partial charge in [0.1, 0.15) is 17.1 Å². The molecule has 0 bridgehead atoms. The lowest BCUT2D eigenvalue weighted by Crippen LogP contribution is -2.52. The number of thiazole rings is 1. The largest absolute Gasteiger partial charge is 0.389 e. The summed E-state index contributed by atoms with van der Waals surface area (Å²) < 4.78 is 13.8. The van der Waals surface area contributed by atoms with Crippen LogP contribution in [-0.4, -0.2) is 57.8 Å². The second-order valence-corrected chi connectivity index (χ2v) is 10.3. The number of amides is 1. The minimum atomic E-state index is -0.918. The second-order valence-electron chi connectivity index (χ2n) is 9.40. The Balaban J connectivity index is 1.48. The van der Waals surface area contributed by atoms with Crippen LogP contribution in [0.4, 0.5) is 4.39 Å². The lowest BCUT2D eigenvalue weighted by atomic mass is 9.95. The summed E-state index contributed by atoms with van der Waals surface area (Å²) in [7, 11) is 1.80. The highest BCUT2D eigenvalue weighted by atomic mass is 32.1. The SMILES string of the molecule is Cc1csc(CN(C)C(O)c2cccc(C(=O)N[C@@H](Cc3cccc(F)c3)[C@H](O)[C@H]3CCCN3)c2)n1. The monoisotopic (exact) mass is 512 g/mol. The molecule has 0 saturated carbocycles. The van der Waals surface area contributed by atoms with Crippen molar-refractivity contribution in [3.05, 3.63) is 87.1 Å². The van der Waals surface area contributed by atoms with Crippen molar-refractivity contribution in [2.45, 2.75) is 57.1 Å². The van der Waals surface area contributed by atoms with E-state index in [9.17, 15) is 19.4 Å². The van der Waals surface area contributed by atoms with Crippen LogP contribution >= 0.6 is 11.3 Å². The zero-order chi connectivity index (χ0) is 25.7. The van der Waals surface area contributed by atoms with E-state index in [0.717, 1.165) is 30.1 Å². The molecule has 1 saturated heterocycles. The van der Waals surface area contributed by atoms with Crippen molar-refractivity contribution < 1.29 is 19.4 Å². The smallest absolute Gasteiger partial charge is 0.251 e. The van der Waals surface area contributed by atoms with Gasteiger partial charge in [-0.15, -0.1) is 11.3 Å². The Morgan fingerprint density at radius 2 is 2.08 bits per heavy atom. The van der Waals surface area contributed by atoms with Crippen LogP contribution in [0.2, 0.25) is 0 Å². The Hall–Kier alpha value is -2.69. The number of aryl methyl sites for hydroxylation is 1. The molecule has 1 aliphatic rings. The number of aliphatic hydroxyl groups is 2. The summed E-state index contributed by atoms with van der Waals surface area (Å²) in [6.45, 7) is 3.22. The van der Waals surface area contributed by atoms with E-state index in [0.29, 0.717) is 29.7 Å². The first-order valence-corrected chi connectivity index (χ1v) is 13.0. The van der Waals surface area contributed by atoms with Gasteiger partial charge in [0.25, 0.3) is 5.91 Å². The minimum absolute atomic E-state index is 0.139. The Kier molecular flexibility index (Phi) is 8.81. The van der Waals surface area contributed by atoms with E-state index in [-0.39, 0.29) is 17.8 Å². The summed E-state index contributed by atoms with van der Waals surface area (Å²) in [5.41, 5.74) is 2.60. The number of rotatable bonds is 10. The van der Waals surface area contributed by atoms with Gasteiger partial charge in [-0.3, -0.25) is 9.69 Å². The molecule has 1 fully saturated rings. The summed E-state index contributed by atoms with van der Waals surface area (Å²) in [6, 6.07) is 12.3. The average molecular weight is 513 g/mol. The molecule has 1 amide bonds. The summed E-state index contributed by atoms with van der Waals surface area (Å²) in [6.07, 6.45) is 0.306. The third kappa shape index (κ3) is 6.74. The summed E-state index contributed by atoms with van der Waals surface area (Å²) in [4.78, 5) is 19.5. The van der Waals surface area contributed by atoms with Crippen molar-refractivity contribution in [3.63, 3.8) is 0 Å². The van der Waals surface area contributed by atoms with Gasteiger partial charge in [-0.05, 0) is 75.2 Å². The Bertz CT molecular complexity index is 1170. The quantitative estimate of drug-likeness (QED) is 0.312. The highest BCUT2D eigenvalue weighted by molar-refractivity contribution is 7.09. The van der Waals surface area contributed by atoms with Crippen molar-refractivity contribution in [3.8, 4) is 0 Å². The number of hydrogen-bond donors (Lipinski definition) is 4. The first kappa shape index (κ1) is 26.4. The molecule has 7 nitrogen and oxygen atoms in total. The minimum Gasteiger partial charge on any atom is -0.389 e. The highest BCUT2D eigenvalue weighted by Gasteiger charge is 2.31. The Morgan fingerprint density at radius 1 is 1.28 bits per heavy atom. The van der Waals surface area contributed by atoms with Gasteiger partial charge >= 0.3 is 0 Å². The fraction of sp³-hybridized carbons (Fsp3) is 0.407. The molecule has 4 atom stereocenters. The number of halogens is 1. The van der Waals surface area contributed by atoms with Gasteiger partial charge in [0.15, 0.2) is 0 Å². The van der Waals surface area contributed by atoms with E-state index in [1.54, 1.807) is 48.3 Å². The van der Waals surface area contributed by atoms with Gasteiger partial charge < -0.3 is 20.8 Å². The number of carbonyl (C=O) groups excluding carboxylic acids is 1. The first-order valence-electron chi connectivity index (χ1n) is 12.2. The van der Waals surface area contributed by atoms with Crippen molar-refractivity contribution in [2.24, 2.45) is 0 Å². The molecule has 0 spiro atoms. The summed E-state index contributed by atoms with van der Waals surface area (Å²) in [5, 5.41) is 31.1. The van der Waals surface area contributed by atoms with E-state index < -0.39 is 18.4 Å². The highest BCUT2D eigenvalue weighted by Crippen LogP contribution is 2.22. The van der Waals surface area contributed by atoms with Crippen molar-refractivity contribution in [1.29, 1.82) is 0 Å². The molecule has 4 rings (SSSR count). The fourth-order valence-corrected chi connectivity index (χ4v) is 5.41. The maximum atomic E-state index is 13.8. The molecular formula is C27H33FN4O3S. The van der Waals surface area contributed by atoms with Crippen LogP contribution in [0.1, 0.15) is 51.3 Å². The molecule has 0 aliphatic carbocycles. The third-order valence-electron chi connectivity index (χ3n) is 6.50. The van der Waals surface area contributed by atoms with Gasteiger partial charge in [-0.2, -0.15) is 0 Å². The van der Waals surface area contributed by atoms with Crippen LogP contribution in [-0.2, 0) is 13.0 Å². The molecular weight excluding hydrogens is 479 g/mol. The van der Waals surface area contributed by atoms with Gasteiger partial charge in [0, 0.05) is 22.7 Å². The number of carbonyl (C=O) groups is 1. The molecule has 1 aliphatic heterocycles. The Morgan fingerprint density at radius 3 is 2.78 bits per heavy atom. The normalized spacial score (nSPS) is 18.2. The lowest BCUT2D eigenvalue weighted by Gasteiger charge is -2.29. The van der Waals surface area contributed by atoms with Crippen LogP contribution in [0.3, 0.4) is 0 Å². The number of nitrogens with one attached hydrogen (secondary N) is 2. The van der Waals surface area contributed by atoms with E-state index in [4.69, 9.17) is 0 Å². The number of aromatic nitrogens is 1. The fourth-order valence-electron chi connectivity index (χ4n) is 4.58. The molecule has 2 aromatic carbocycles. The molecule has 0 radical (unpaired) electrons. The number of nitrogens with zero attached hydrogens (tertiary/aromatic N) is 2. The Labute approximate surface area is 215 Å². The second kappa shape index (κ2) is 12.0. The van der Waals surface area contributed by atoms with Gasteiger partial charge in [-0.1, -0.05) is 24.3 Å². The molecule has 2 heterocycles. The first-order chi connectivity index (χ1) is 17.3. The molecule has 1 aromatic heterocycles. The predicted molar refractivity (Wildman–Crippen MR) is 138 cm³/mol. The summed E-state index contributed by atoms with van der Waals surface area (Å²) in [5.74, 6) is -0.717. The van der Waals surface area contributed by atoms with Crippen molar-refractivity contribution in [2.75, 3.05) is 13.6 Å². The standard InChI is InChI=1S/C27H33FN4O3S/c1-17-16-36-24(30-17)15-32(2)27(35)20-8-4-7-19(14-20)26(34)31-23(25(33)22-10-5-11-29-22)13-18-6-3-9-21(28)12-18/h3-4,6-9,12,14,16,22-23,25,27,29,33,35H,5,10-11,13,15H2,1-2H3,(H,31,34)/t22-,23+,25-,27?/m1/s1. The van der Waals surface area contributed by atoms with E-state index >= 15 is 0 Å². The van der Waals surface area contributed by atoms with Gasteiger partial charge in [-0.25, -0.2) is 9.37 Å². The zero-order valence-electron chi connectivity index (χ0n) is 20.5. The maximum Gasteiger partial charge on any atom is 0.251 e. The van der Waals surface area contributed by atoms with E-state index in [1.807, 2.05) is 12.3 Å². The van der Waals surface area contributed by atoms with Crippen LogP contribution in [0.15, 0.2) is 53.9 Å². The van der Waals surface area contributed by atoms with Crippen molar-refractivity contribution in [1.82, 2.24) is 20.5 Å². The topological polar surface area (TPSA) is 97.7 Å². The molecule has 4 N–H and O–H groups in total. The van der Waals surface area contributed by atoms with Crippen molar-refractivity contribution >= 4 is 17.2 Å². The lowest BCUT2D eigenvalue weighted by molar-refractivity contribution is 0.0151. The maximum absolute atomic E-state index is 13.8. The van der Waals surface area contributed by atoms with Crippen LogP contribution in [0, 0.1) is 12.7 Å². The predicted octanol–water partition coefficient (Wildman–Crippen LogP) is 3.17. The van der Waals surface area contributed by atoms with Crippen LogP contribution in [0.5, 0.6) is 0 Å². The number of hydrogen-bond acceptors (Lipinski definition) is 7. The molecule has 192 valence electrons. The van der Waals surface area contributed by atoms with Crippen LogP contribution in [0.25, 0.3) is 0 Å². The molecule has 3 aromatic rings. The van der Waals surface area contributed by atoms with E-state index in [2.05, 4.69) is 15.6 Å². The third-order valence-corrected chi connectivity index (χ3v) is 7.45. The number of benzene rings is 2. The molecule has 36 heavy (non-hydrogen) atoms. The summed E-state index contributed by atoms with van der Waals surface area (Å²) >= 11 is 1.54. The molecule has 9 heteroatoms. The van der Waals surface area contributed by atoms with Gasteiger partial charge in [0.2, 0.25) is 0 Å². The van der Waals surface area contributed by atoms with Crippen LogP contribution < -0.4 is 10.6 Å². The zero-order valence-corrected chi connectivity index (χ0v) is 21.3. The average Bonchev–Trinajstić information content (AvgIpc) is 3.55.